The molecule has 0 amide bonds. The van der Waals surface area contributed by atoms with Crippen LogP contribution in [0.1, 0.15) is 56.8 Å². The van der Waals surface area contributed by atoms with Crippen molar-refractivity contribution in [1.29, 1.82) is 0 Å². The number of rotatable bonds is 12. The molecule has 0 heterocycles. The number of esters is 2. The third kappa shape index (κ3) is 7.13. The molecule has 2 N–H and O–H groups in total. The number of carbonyl (C=O) groups is 4. The zero-order valence-corrected chi connectivity index (χ0v) is 25.8. The van der Waals surface area contributed by atoms with Gasteiger partial charge in [0.15, 0.2) is 11.6 Å². The minimum absolute atomic E-state index is 0.226. The lowest BCUT2D eigenvalue weighted by atomic mass is 9.82. The number of hydrogen-bond acceptors (Lipinski definition) is 8. The van der Waals surface area contributed by atoms with E-state index in [1.165, 1.54) is 0 Å². The van der Waals surface area contributed by atoms with E-state index < -0.39 is 11.9 Å². The van der Waals surface area contributed by atoms with Gasteiger partial charge in [-0.15, -0.1) is 0 Å². The smallest absolute Gasteiger partial charge is 0.333 e. The Morgan fingerprint density at radius 2 is 0.978 bits per heavy atom. The van der Waals surface area contributed by atoms with Crippen molar-refractivity contribution >= 4 is 46.3 Å². The monoisotopic (exact) mass is 614 g/mol. The van der Waals surface area contributed by atoms with E-state index in [9.17, 15) is 19.2 Å². The van der Waals surface area contributed by atoms with Gasteiger partial charge in [0.25, 0.3) is 0 Å². The molecule has 0 bridgehead atoms. The number of nitrogens with one attached hydrogen (secondary N) is 2. The molecule has 232 valence electrons. The van der Waals surface area contributed by atoms with Crippen LogP contribution in [-0.2, 0) is 31.9 Å². The number of hydrogen-bond donors (Lipinski definition) is 2. The van der Waals surface area contributed by atoms with E-state index in [0.29, 0.717) is 57.6 Å². The van der Waals surface area contributed by atoms with E-state index in [0.717, 1.165) is 22.5 Å². The van der Waals surface area contributed by atoms with Crippen molar-refractivity contribution in [3.05, 3.63) is 143 Å². The van der Waals surface area contributed by atoms with Gasteiger partial charge in [-0.3, -0.25) is 9.59 Å². The van der Waals surface area contributed by atoms with Crippen molar-refractivity contribution in [2.75, 3.05) is 23.8 Å². The summed E-state index contributed by atoms with van der Waals surface area (Å²) in [5.41, 5.74) is 6.49. The molecule has 8 nitrogen and oxygen atoms in total. The summed E-state index contributed by atoms with van der Waals surface area (Å²) < 4.78 is 10.4. The Morgan fingerprint density at radius 1 is 0.587 bits per heavy atom. The Morgan fingerprint density at radius 3 is 1.35 bits per heavy atom. The van der Waals surface area contributed by atoms with Crippen LogP contribution in [0.15, 0.2) is 109 Å². The lowest BCUT2D eigenvalue weighted by molar-refractivity contribution is -0.139. The van der Waals surface area contributed by atoms with Gasteiger partial charge in [-0.25, -0.2) is 9.59 Å². The molecule has 0 aromatic heterocycles. The number of carbonyl (C=O) groups excluding carboxylic acids is 4. The second-order valence-electron chi connectivity index (χ2n) is 11.1. The van der Waals surface area contributed by atoms with E-state index in [1.54, 1.807) is 50.2 Å². The Labute approximate surface area is 267 Å². The third-order valence-corrected chi connectivity index (χ3v) is 7.48. The summed E-state index contributed by atoms with van der Waals surface area (Å²) in [7, 11) is 0. The topological polar surface area (TPSA) is 111 Å². The summed E-state index contributed by atoms with van der Waals surface area (Å²) in [5.74, 6) is -1.32. The summed E-state index contributed by atoms with van der Waals surface area (Å²) >= 11 is 0. The van der Waals surface area contributed by atoms with Crippen molar-refractivity contribution in [2.24, 2.45) is 0 Å². The van der Waals surface area contributed by atoms with E-state index in [4.69, 9.17) is 9.47 Å². The summed E-state index contributed by atoms with van der Waals surface area (Å²) in [6.45, 7) is 10.9. The molecule has 0 atom stereocenters. The van der Waals surface area contributed by atoms with Crippen molar-refractivity contribution < 1.29 is 28.7 Å². The van der Waals surface area contributed by atoms with E-state index in [-0.39, 0.29) is 24.8 Å². The largest absolute Gasteiger partial charge is 0.462 e. The van der Waals surface area contributed by atoms with Crippen molar-refractivity contribution in [3.63, 3.8) is 0 Å². The first-order valence-electron chi connectivity index (χ1n) is 14.8. The van der Waals surface area contributed by atoms with Gasteiger partial charge in [-0.05, 0) is 61.4 Å². The number of anilines is 4. The van der Waals surface area contributed by atoms with E-state index in [2.05, 4.69) is 23.8 Å². The molecule has 0 aliphatic heterocycles. The number of ether oxygens (including phenoxy) is 2. The van der Waals surface area contributed by atoms with Crippen LogP contribution in [0.3, 0.4) is 0 Å². The van der Waals surface area contributed by atoms with Gasteiger partial charge in [0.1, 0.15) is 0 Å². The predicted molar refractivity (Wildman–Crippen MR) is 178 cm³/mol. The second kappa shape index (κ2) is 13.9. The molecule has 8 heteroatoms. The van der Waals surface area contributed by atoms with Gasteiger partial charge in [0.2, 0.25) is 0 Å². The zero-order valence-electron chi connectivity index (χ0n) is 25.8. The quantitative estimate of drug-likeness (QED) is 0.112. The molecule has 0 saturated heterocycles. The average molecular weight is 615 g/mol. The fourth-order valence-corrected chi connectivity index (χ4v) is 5.04. The third-order valence-electron chi connectivity index (χ3n) is 7.48. The van der Waals surface area contributed by atoms with Crippen LogP contribution in [0, 0.1) is 0 Å². The zero-order chi connectivity index (χ0) is 32.8. The fourth-order valence-electron chi connectivity index (χ4n) is 5.04. The molecule has 0 radical (unpaired) electrons. The summed E-state index contributed by atoms with van der Waals surface area (Å²) in [6.07, 6.45) is 1.10. The molecular weight excluding hydrogens is 580 g/mol. The highest BCUT2D eigenvalue weighted by atomic mass is 16.5. The highest BCUT2D eigenvalue weighted by Gasteiger charge is 2.33. The summed E-state index contributed by atoms with van der Waals surface area (Å²) in [5, 5.41) is 6.62. The van der Waals surface area contributed by atoms with E-state index >= 15 is 0 Å². The first kappa shape index (κ1) is 31.7. The molecular formula is C38H34N2O6. The van der Waals surface area contributed by atoms with Crippen LogP contribution in [0.25, 0.3) is 0 Å². The standard InChI is InChI=1S/C38H34N2O6/c1-23(2)37(43)45-21-19-25-11-15-27(16-12-25)39-31-9-5-7-29-33(31)36(42)34-30(35(29)41)8-6-10-32(34)40-28-17-13-26(14-18-28)20-22-46-38(44)24(3)4/h5-18,39-40H,1,3,19-22H2,2,4H3. The van der Waals surface area contributed by atoms with Crippen LogP contribution < -0.4 is 10.6 Å². The maximum absolute atomic E-state index is 14.1. The van der Waals surface area contributed by atoms with Crippen LogP contribution in [0.2, 0.25) is 0 Å². The minimum atomic E-state index is -0.417. The second-order valence-corrected chi connectivity index (χ2v) is 11.1. The van der Waals surface area contributed by atoms with Crippen LogP contribution >= 0.6 is 0 Å². The van der Waals surface area contributed by atoms with Gasteiger partial charge in [0.05, 0.1) is 35.7 Å². The number of benzene rings is 4. The first-order chi connectivity index (χ1) is 22.1. The van der Waals surface area contributed by atoms with Crippen LogP contribution in [-0.4, -0.2) is 36.7 Å². The maximum Gasteiger partial charge on any atom is 0.333 e. The van der Waals surface area contributed by atoms with Crippen molar-refractivity contribution in [1.82, 2.24) is 0 Å². The maximum atomic E-state index is 14.1. The first-order valence-corrected chi connectivity index (χ1v) is 14.8. The van der Waals surface area contributed by atoms with Gasteiger partial charge in [-0.1, -0.05) is 61.7 Å². The molecule has 0 unspecified atom stereocenters. The minimum Gasteiger partial charge on any atom is -0.462 e. The Kier molecular flexibility index (Phi) is 9.57. The molecule has 0 spiro atoms. The Bertz CT molecular complexity index is 1720. The molecule has 0 fully saturated rings. The highest BCUT2D eigenvalue weighted by molar-refractivity contribution is 6.32. The molecule has 0 saturated carbocycles. The van der Waals surface area contributed by atoms with Gasteiger partial charge in [0, 0.05) is 46.5 Å². The van der Waals surface area contributed by atoms with Gasteiger partial charge < -0.3 is 20.1 Å². The lowest BCUT2D eigenvalue weighted by Crippen LogP contribution is -2.23. The number of fused-ring (bicyclic) bond motifs is 2. The summed E-state index contributed by atoms with van der Waals surface area (Å²) in [4.78, 5) is 51.0. The summed E-state index contributed by atoms with van der Waals surface area (Å²) in [6, 6.07) is 25.6. The lowest BCUT2D eigenvalue weighted by Gasteiger charge is -2.23. The fraction of sp³-hybridized carbons (Fsp3) is 0.158. The van der Waals surface area contributed by atoms with Crippen molar-refractivity contribution in [2.45, 2.75) is 26.7 Å². The van der Waals surface area contributed by atoms with Crippen LogP contribution in [0.4, 0.5) is 22.7 Å². The van der Waals surface area contributed by atoms with Gasteiger partial charge in [-0.2, -0.15) is 0 Å². The molecule has 46 heavy (non-hydrogen) atoms. The SMILES string of the molecule is C=C(C)C(=O)OCCc1ccc(Nc2cccc3c2C(=O)c2c(Nc4ccc(CCOC(=O)C(=C)C)cc4)cccc2C3=O)cc1. The molecule has 4 aromatic rings. The molecule has 4 aromatic carbocycles. The van der Waals surface area contributed by atoms with Gasteiger partial charge >= 0.3 is 11.9 Å². The average Bonchev–Trinajstić information content (AvgIpc) is 3.05. The van der Waals surface area contributed by atoms with E-state index in [1.807, 2.05) is 48.5 Å². The highest BCUT2D eigenvalue weighted by Crippen LogP contribution is 2.37. The Hall–Kier alpha value is -5.76. The Balaban J connectivity index is 1.32. The van der Waals surface area contributed by atoms with Crippen molar-refractivity contribution in [3.8, 4) is 0 Å². The molecule has 1 aliphatic rings. The normalized spacial score (nSPS) is 11.6. The molecule has 1 aliphatic carbocycles. The molecule has 5 rings (SSSR count). The van der Waals surface area contributed by atoms with Crippen LogP contribution in [0.5, 0.6) is 0 Å². The number of ketones is 2. The predicted octanol–water partition coefficient (Wildman–Crippen LogP) is 7.27.